The van der Waals surface area contributed by atoms with E-state index in [9.17, 15) is 4.79 Å². The number of carbonyl (C=O) groups is 1. The normalized spacial score (nSPS) is 10.7. The lowest BCUT2D eigenvalue weighted by Crippen LogP contribution is -2.35. The number of halogens is 1. The number of aryl methyl sites for hydroxylation is 2. The average Bonchev–Trinajstić information content (AvgIpc) is 2.66. The first-order chi connectivity index (χ1) is 9.10. The highest BCUT2D eigenvalue weighted by Gasteiger charge is 2.12. The second-order valence-corrected chi connectivity index (χ2v) is 4.49. The Morgan fingerprint density at radius 1 is 1.53 bits per heavy atom. The van der Waals surface area contributed by atoms with Crippen molar-refractivity contribution in [3.63, 3.8) is 0 Å². The van der Waals surface area contributed by atoms with E-state index in [4.69, 9.17) is 16.3 Å². The SMILES string of the molecule is CCn1nc(C)c(Cl)c1CNCC(=O)NCCOC. The van der Waals surface area contributed by atoms with Crippen LogP contribution in [-0.4, -0.2) is 42.5 Å². The van der Waals surface area contributed by atoms with Gasteiger partial charge in [-0.2, -0.15) is 5.10 Å². The number of aromatic nitrogens is 2. The summed E-state index contributed by atoms with van der Waals surface area (Å²) < 4.78 is 6.69. The van der Waals surface area contributed by atoms with Gasteiger partial charge in [0.1, 0.15) is 0 Å². The number of methoxy groups -OCH3 is 1. The summed E-state index contributed by atoms with van der Waals surface area (Å²) in [4.78, 5) is 11.5. The number of nitrogens with zero attached hydrogens (tertiary/aromatic N) is 2. The van der Waals surface area contributed by atoms with E-state index in [-0.39, 0.29) is 12.5 Å². The Labute approximate surface area is 118 Å². The number of rotatable bonds is 8. The van der Waals surface area contributed by atoms with Crippen LogP contribution in [0.15, 0.2) is 0 Å². The summed E-state index contributed by atoms with van der Waals surface area (Å²) in [7, 11) is 1.60. The molecule has 1 rings (SSSR count). The molecule has 0 saturated carbocycles. The van der Waals surface area contributed by atoms with Gasteiger partial charge in [-0.1, -0.05) is 11.6 Å². The molecule has 0 aliphatic rings. The molecule has 108 valence electrons. The van der Waals surface area contributed by atoms with E-state index in [0.717, 1.165) is 17.9 Å². The van der Waals surface area contributed by atoms with Crippen LogP contribution in [0.1, 0.15) is 18.3 Å². The van der Waals surface area contributed by atoms with E-state index in [1.54, 1.807) is 7.11 Å². The third-order valence-corrected chi connectivity index (χ3v) is 3.15. The first kappa shape index (κ1) is 15.9. The summed E-state index contributed by atoms with van der Waals surface area (Å²) in [5.74, 6) is -0.0625. The minimum absolute atomic E-state index is 0.0625. The molecule has 0 spiro atoms. The molecule has 0 fully saturated rings. The van der Waals surface area contributed by atoms with Gasteiger partial charge < -0.3 is 15.4 Å². The molecule has 0 unspecified atom stereocenters. The number of ether oxygens (including phenoxy) is 1. The molecule has 1 heterocycles. The Bertz CT molecular complexity index is 420. The van der Waals surface area contributed by atoms with Crippen molar-refractivity contribution in [2.75, 3.05) is 26.8 Å². The van der Waals surface area contributed by atoms with E-state index in [0.29, 0.717) is 24.7 Å². The fourth-order valence-corrected chi connectivity index (χ4v) is 1.89. The molecule has 0 aliphatic heterocycles. The van der Waals surface area contributed by atoms with Crippen molar-refractivity contribution in [2.24, 2.45) is 0 Å². The van der Waals surface area contributed by atoms with Crippen LogP contribution in [0.4, 0.5) is 0 Å². The van der Waals surface area contributed by atoms with Gasteiger partial charge in [0.2, 0.25) is 5.91 Å². The van der Waals surface area contributed by atoms with Crippen molar-refractivity contribution in [2.45, 2.75) is 26.9 Å². The zero-order valence-electron chi connectivity index (χ0n) is 11.6. The van der Waals surface area contributed by atoms with Gasteiger partial charge in [0.15, 0.2) is 0 Å². The maximum Gasteiger partial charge on any atom is 0.234 e. The Morgan fingerprint density at radius 2 is 2.26 bits per heavy atom. The molecule has 0 atom stereocenters. The molecule has 1 aromatic rings. The number of hydrogen-bond donors (Lipinski definition) is 2. The van der Waals surface area contributed by atoms with Crippen LogP contribution < -0.4 is 10.6 Å². The third-order valence-electron chi connectivity index (χ3n) is 2.66. The van der Waals surface area contributed by atoms with E-state index < -0.39 is 0 Å². The monoisotopic (exact) mass is 288 g/mol. The van der Waals surface area contributed by atoms with Gasteiger partial charge in [-0.3, -0.25) is 9.48 Å². The molecule has 0 radical (unpaired) electrons. The number of nitrogens with one attached hydrogen (secondary N) is 2. The highest BCUT2D eigenvalue weighted by molar-refractivity contribution is 6.31. The zero-order chi connectivity index (χ0) is 14.3. The van der Waals surface area contributed by atoms with E-state index in [1.165, 1.54) is 0 Å². The lowest BCUT2D eigenvalue weighted by Gasteiger charge is -2.08. The highest BCUT2D eigenvalue weighted by atomic mass is 35.5. The largest absolute Gasteiger partial charge is 0.383 e. The van der Waals surface area contributed by atoms with Crippen molar-refractivity contribution in [1.82, 2.24) is 20.4 Å². The molecule has 0 bridgehead atoms. The molecule has 0 saturated heterocycles. The molecule has 1 amide bonds. The summed E-state index contributed by atoms with van der Waals surface area (Å²) in [5.41, 5.74) is 1.72. The maximum absolute atomic E-state index is 11.5. The van der Waals surface area contributed by atoms with Crippen LogP contribution in [0.5, 0.6) is 0 Å². The summed E-state index contributed by atoms with van der Waals surface area (Å²) in [6.07, 6.45) is 0. The van der Waals surface area contributed by atoms with Crippen LogP contribution in [0.2, 0.25) is 5.02 Å². The lowest BCUT2D eigenvalue weighted by atomic mass is 10.3. The predicted octanol–water partition coefficient (Wildman–Crippen LogP) is 0.717. The highest BCUT2D eigenvalue weighted by Crippen LogP contribution is 2.19. The van der Waals surface area contributed by atoms with Gasteiger partial charge in [-0.15, -0.1) is 0 Å². The Hall–Kier alpha value is -1.11. The van der Waals surface area contributed by atoms with Gasteiger partial charge in [0, 0.05) is 26.7 Å². The predicted molar refractivity (Wildman–Crippen MR) is 74.2 cm³/mol. The van der Waals surface area contributed by atoms with Crippen molar-refractivity contribution >= 4 is 17.5 Å². The van der Waals surface area contributed by atoms with Crippen LogP contribution in [0.25, 0.3) is 0 Å². The zero-order valence-corrected chi connectivity index (χ0v) is 12.4. The minimum Gasteiger partial charge on any atom is -0.383 e. The molecule has 6 nitrogen and oxygen atoms in total. The van der Waals surface area contributed by atoms with Gasteiger partial charge in [0.25, 0.3) is 0 Å². The Balaban J connectivity index is 2.38. The molecule has 0 aromatic carbocycles. The van der Waals surface area contributed by atoms with Crippen molar-refractivity contribution in [1.29, 1.82) is 0 Å². The summed E-state index contributed by atoms with van der Waals surface area (Å²) >= 11 is 6.17. The first-order valence-corrected chi connectivity index (χ1v) is 6.66. The van der Waals surface area contributed by atoms with Gasteiger partial charge in [-0.25, -0.2) is 0 Å². The molecular formula is C12H21ClN4O2. The second kappa shape index (κ2) is 8.14. The third kappa shape index (κ3) is 4.81. The summed E-state index contributed by atoms with van der Waals surface area (Å²) in [6.45, 7) is 6.42. The Morgan fingerprint density at radius 3 is 2.89 bits per heavy atom. The summed E-state index contributed by atoms with van der Waals surface area (Å²) in [5, 5.41) is 10.8. The van der Waals surface area contributed by atoms with Gasteiger partial charge in [0.05, 0.1) is 29.6 Å². The van der Waals surface area contributed by atoms with Crippen LogP contribution in [0, 0.1) is 6.92 Å². The molecule has 0 aliphatic carbocycles. The fourth-order valence-electron chi connectivity index (χ4n) is 1.69. The van der Waals surface area contributed by atoms with Crippen molar-refractivity contribution in [3.05, 3.63) is 16.4 Å². The van der Waals surface area contributed by atoms with Crippen LogP contribution in [-0.2, 0) is 22.6 Å². The van der Waals surface area contributed by atoms with Crippen molar-refractivity contribution in [3.8, 4) is 0 Å². The van der Waals surface area contributed by atoms with Crippen LogP contribution >= 0.6 is 11.6 Å². The van der Waals surface area contributed by atoms with Crippen LogP contribution in [0.3, 0.4) is 0 Å². The second-order valence-electron chi connectivity index (χ2n) is 4.11. The Kier molecular flexibility index (Phi) is 6.83. The quantitative estimate of drug-likeness (QED) is 0.692. The minimum atomic E-state index is -0.0625. The molecular weight excluding hydrogens is 268 g/mol. The van der Waals surface area contributed by atoms with Gasteiger partial charge in [-0.05, 0) is 13.8 Å². The molecule has 1 aromatic heterocycles. The summed E-state index contributed by atoms with van der Waals surface area (Å²) in [6, 6.07) is 0. The molecule has 7 heteroatoms. The fraction of sp³-hybridized carbons (Fsp3) is 0.667. The number of carbonyl (C=O) groups excluding carboxylic acids is 1. The first-order valence-electron chi connectivity index (χ1n) is 6.28. The lowest BCUT2D eigenvalue weighted by molar-refractivity contribution is -0.120. The number of hydrogen-bond acceptors (Lipinski definition) is 4. The van der Waals surface area contributed by atoms with E-state index >= 15 is 0 Å². The van der Waals surface area contributed by atoms with E-state index in [2.05, 4.69) is 15.7 Å². The average molecular weight is 289 g/mol. The number of amides is 1. The maximum atomic E-state index is 11.5. The van der Waals surface area contributed by atoms with Gasteiger partial charge >= 0.3 is 0 Å². The van der Waals surface area contributed by atoms with E-state index in [1.807, 2.05) is 18.5 Å². The molecule has 2 N–H and O–H groups in total. The molecule has 19 heavy (non-hydrogen) atoms. The standard InChI is InChI=1S/C12H21ClN4O2/c1-4-17-10(12(13)9(2)16-17)7-14-8-11(18)15-5-6-19-3/h14H,4-8H2,1-3H3,(H,15,18). The smallest absolute Gasteiger partial charge is 0.234 e. The topological polar surface area (TPSA) is 68.2 Å². The van der Waals surface area contributed by atoms with Crippen molar-refractivity contribution < 1.29 is 9.53 Å².